The lowest BCUT2D eigenvalue weighted by molar-refractivity contribution is -0.519. The Labute approximate surface area is 228 Å². The third kappa shape index (κ3) is 2.97. The summed E-state index contributed by atoms with van der Waals surface area (Å²) in [4.78, 5) is 25.4. The van der Waals surface area contributed by atoms with Crippen LogP contribution in [0.2, 0.25) is 0 Å². The number of alkyl halides is 5. The smallest absolute Gasteiger partial charge is 0.459 e. The van der Waals surface area contributed by atoms with E-state index in [-0.39, 0.29) is 49.4 Å². The van der Waals surface area contributed by atoms with Crippen molar-refractivity contribution in [1.82, 2.24) is 0 Å². The number of esters is 2. The molecule has 10 unspecified atom stereocenters. The van der Waals surface area contributed by atoms with E-state index < -0.39 is 53.7 Å². The molecule has 10 atom stereocenters. The lowest BCUT2D eigenvalue weighted by Gasteiger charge is -2.67. The topological polar surface area (TPSA) is 71.1 Å². The standard InChI is InChI=1S/C29H33F5O6/c1-13(35)39-28(29(32,33)34)27(30,31)26(37-12-38-28)18-4-14-5-19(26)11-25(9-14,10-18)40-24(36)21-8-17-7-20(21)23-16-3-2-15(6-16)22(17)23/h2-3,14-23H,4-12H2,1H3. The van der Waals surface area contributed by atoms with Crippen molar-refractivity contribution in [3.8, 4) is 0 Å². The minimum atomic E-state index is -5.70. The van der Waals surface area contributed by atoms with E-state index in [2.05, 4.69) is 21.6 Å². The Morgan fingerprint density at radius 1 is 0.875 bits per heavy atom. The zero-order chi connectivity index (χ0) is 28.0. The van der Waals surface area contributed by atoms with Crippen LogP contribution in [-0.2, 0) is 28.5 Å². The first-order valence-electron chi connectivity index (χ1n) is 14.6. The summed E-state index contributed by atoms with van der Waals surface area (Å²) in [5.74, 6) is -10.1. The molecule has 40 heavy (non-hydrogen) atoms. The van der Waals surface area contributed by atoms with E-state index in [1.165, 1.54) is 6.42 Å². The molecule has 9 aliphatic rings. The zero-order valence-electron chi connectivity index (χ0n) is 22.1. The highest BCUT2D eigenvalue weighted by molar-refractivity contribution is 5.74. The summed E-state index contributed by atoms with van der Waals surface area (Å²) in [7, 11) is 0. The van der Waals surface area contributed by atoms with Gasteiger partial charge in [0.1, 0.15) is 11.2 Å². The van der Waals surface area contributed by atoms with E-state index in [4.69, 9.17) is 9.47 Å². The summed E-state index contributed by atoms with van der Waals surface area (Å²) in [6.07, 6.45) is 2.92. The van der Waals surface area contributed by atoms with Crippen LogP contribution in [0, 0.1) is 59.2 Å². The lowest BCUT2D eigenvalue weighted by atomic mass is 9.46. The minimum Gasteiger partial charge on any atom is -0.459 e. The summed E-state index contributed by atoms with van der Waals surface area (Å²) >= 11 is 0. The van der Waals surface area contributed by atoms with Gasteiger partial charge in [0.2, 0.25) is 0 Å². The van der Waals surface area contributed by atoms with Gasteiger partial charge in [-0.2, -0.15) is 22.0 Å². The first-order valence-corrected chi connectivity index (χ1v) is 14.6. The molecular formula is C29H33F5O6. The Morgan fingerprint density at radius 2 is 1.55 bits per heavy atom. The van der Waals surface area contributed by atoms with Gasteiger partial charge in [-0.1, -0.05) is 12.2 Å². The average molecular weight is 573 g/mol. The van der Waals surface area contributed by atoms with Gasteiger partial charge >= 0.3 is 29.8 Å². The van der Waals surface area contributed by atoms with Gasteiger partial charge in [-0.05, 0) is 105 Å². The Balaban J connectivity index is 1.07. The number of hydrogen-bond donors (Lipinski definition) is 0. The second kappa shape index (κ2) is 7.79. The maximum Gasteiger partial charge on any atom is 0.462 e. The number of carbonyl (C=O) groups is 2. The van der Waals surface area contributed by atoms with Gasteiger partial charge < -0.3 is 18.9 Å². The van der Waals surface area contributed by atoms with Crippen LogP contribution in [0.4, 0.5) is 22.0 Å². The van der Waals surface area contributed by atoms with Crippen LogP contribution in [-0.4, -0.2) is 47.8 Å². The van der Waals surface area contributed by atoms with Crippen molar-refractivity contribution in [1.29, 1.82) is 0 Å². The molecule has 0 N–H and O–H groups in total. The monoisotopic (exact) mass is 572 g/mol. The number of halogens is 5. The first kappa shape index (κ1) is 25.9. The number of hydrogen-bond acceptors (Lipinski definition) is 6. The van der Waals surface area contributed by atoms with Gasteiger partial charge in [0, 0.05) is 6.92 Å². The number of fused-ring (bicyclic) bond motifs is 9. The molecule has 0 radical (unpaired) electrons. The molecule has 1 spiro atoms. The average Bonchev–Trinajstić information content (AvgIpc) is 3.63. The molecule has 7 saturated carbocycles. The molecule has 8 fully saturated rings. The Morgan fingerprint density at radius 3 is 2.20 bits per heavy atom. The van der Waals surface area contributed by atoms with Gasteiger partial charge in [-0.25, -0.2) is 0 Å². The Bertz CT molecular complexity index is 1170. The summed E-state index contributed by atoms with van der Waals surface area (Å²) in [5.41, 5.74) is -3.53. The first-order chi connectivity index (χ1) is 18.8. The largest absolute Gasteiger partial charge is 0.462 e. The van der Waals surface area contributed by atoms with Gasteiger partial charge in [-0.3, -0.25) is 9.59 Å². The van der Waals surface area contributed by atoms with Crippen LogP contribution < -0.4 is 0 Å². The van der Waals surface area contributed by atoms with Crippen molar-refractivity contribution in [2.45, 2.75) is 87.4 Å². The molecule has 11 heteroatoms. The molecule has 0 aromatic rings. The number of carbonyl (C=O) groups excluding carboxylic acids is 2. The van der Waals surface area contributed by atoms with Crippen LogP contribution in [0.25, 0.3) is 0 Å². The summed E-state index contributed by atoms with van der Waals surface area (Å²) in [6.45, 7) is -0.442. The molecular weight excluding hydrogens is 539 g/mol. The quantitative estimate of drug-likeness (QED) is 0.195. The number of rotatable bonds is 3. The molecule has 1 saturated heterocycles. The summed E-state index contributed by atoms with van der Waals surface area (Å²) in [6, 6.07) is 0. The Kier molecular flexibility index (Phi) is 5.05. The molecule has 0 aromatic carbocycles. The van der Waals surface area contributed by atoms with Crippen molar-refractivity contribution in [2.24, 2.45) is 59.2 Å². The second-order valence-corrected chi connectivity index (χ2v) is 14.0. The second-order valence-electron chi connectivity index (χ2n) is 14.0. The molecule has 9 rings (SSSR count). The normalized spacial score (nSPS) is 54.2. The van der Waals surface area contributed by atoms with Crippen LogP contribution in [0.15, 0.2) is 12.2 Å². The van der Waals surface area contributed by atoms with Gasteiger partial charge in [-0.15, -0.1) is 0 Å². The van der Waals surface area contributed by atoms with Crippen molar-refractivity contribution in [3.63, 3.8) is 0 Å². The van der Waals surface area contributed by atoms with E-state index in [0.29, 0.717) is 42.9 Å². The van der Waals surface area contributed by atoms with E-state index in [1.54, 1.807) is 0 Å². The van der Waals surface area contributed by atoms with Crippen molar-refractivity contribution in [3.05, 3.63) is 12.2 Å². The van der Waals surface area contributed by atoms with E-state index >= 15 is 8.78 Å². The predicted molar refractivity (Wildman–Crippen MR) is 125 cm³/mol. The SMILES string of the molecule is CC(=O)OC1(C(F)(F)F)OCOC2(C3CC4CC2CC(OC(=O)C2CC5CC2C2C6C=CC(C6)C52)(C4)C3)C1(F)F. The number of allylic oxidation sites excluding steroid dienone is 2. The maximum atomic E-state index is 16.4. The fraction of sp³-hybridized carbons (Fsp3) is 0.862. The summed E-state index contributed by atoms with van der Waals surface area (Å²) in [5, 5.41) is 0. The van der Waals surface area contributed by atoms with Gasteiger partial charge in [0.25, 0.3) is 0 Å². The van der Waals surface area contributed by atoms with Crippen LogP contribution in [0.1, 0.15) is 58.3 Å². The third-order valence-corrected chi connectivity index (χ3v) is 12.4. The molecule has 1 aliphatic heterocycles. The zero-order valence-corrected chi connectivity index (χ0v) is 22.1. The third-order valence-electron chi connectivity index (χ3n) is 12.4. The van der Waals surface area contributed by atoms with Crippen molar-refractivity contribution < 1.29 is 50.5 Å². The molecule has 0 aromatic heterocycles. The highest BCUT2D eigenvalue weighted by Gasteiger charge is 2.87. The minimum absolute atomic E-state index is 0.00432. The highest BCUT2D eigenvalue weighted by atomic mass is 19.4. The molecule has 8 bridgehead atoms. The molecule has 1 heterocycles. The Hall–Kier alpha value is -1.75. The van der Waals surface area contributed by atoms with E-state index in [9.17, 15) is 22.8 Å². The van der Waals surface area contributed by atoms with Crippen molar-refractivity contribution >= 4 is 11.9 Å². The summed E-state index contributed by atoms with van der Waals surface area (Å²) < 4.78 is 96.2. The maximum absolute atomic E-state index is 16.4. The van der Waals surface area contributed by atoms with Crippen molar-refractivity contribution in [2.75, 3.05) is 6.79 Å². The lowest BCUT2D eigenvalue weighted by Crippen LogP contribution is -2.82. The van der Waals surface area contributed by atoms with Gasteiger partial charge in [0.15, 0.2) is 6.79 Å². The van der Waals surface area contributed by atoms with Gasteiger partial charge in [0.05, 0.1) is 5.92 Å². The van der Waals surface area contributed by atoms with E-state index in [1.807, 2.05) is 0 Å². The van der Waals surface area contributed by atoms with Crippen LogP contribution in [0.5, 0.6) is 0 Å². The highest BCUT2D eigenvalue weighted by Crippen LogP contribution is 2.71. The van der Waals surface area contributed by atoms with Crippen LogP contribution >= 0.6 is 0 Å². The fourth-order valence-corrected chi connectivity index (χ4v) is 11.6. The fourth-order valence-electron chi connectivity index (χ4n) is 11.6. The molecule has 8 aliphatic carbocycles. The molecule has 0 amide bonds. The molecule has 220 valence electrons. The number of ether oxygens (including phenoxy) is 4. The van der Waals surface area contributed by atoms with E-state index in [0.717, 1.165) is 12.8 Å². The van der Waals surface area contributed by atoms with Crippen LogP contribution in [0.3, 0.4) is 0 Å². The molecule has 6 nitrogen and oxygen atoms in total. The predicted octanol–water partition coefficient (Wildman–Crippen LogP) is 5.40.